The van der Waals surface area contributed by atoms with Gasteiger partial charge in [-0.05, 0) is 107 Å². The van der Waals surface area contributed by atoms with Gasteiger partial charge in [0.15, 0.2) is 0 Å². The number of benzene rings is 9. The fourth-order valence-corrected chi connectivity index (χ4v) is 6.58. The summed E-state index contributed by atoms with van der Waals surface area (Å²) in [5, 5.41) is 1.48. The Hall–Kier alpha value is -6.44. The Kier molecular flexibility index (Phi) is 3.54. The van der Waals surface area contributed by atoms with E-state index < -0.39 is 142 Å². The number of hydrogen-bond donors (Lipinski definition) is 0. The van der Waals surface area contributed by atoms with Crippen molar-refractivity contribution in [3.8, 4) is 44.5 Å². The van der Waals surface area contributed by atoms with Crippen molar-refractivity contribution in [2.24, 2.45) is 0 Å². The molecule has 0 bridgehead atoms. The molecule has 0 unspecified atom stereocenters. The quantitative estimate of drug-likeness (QED) is 0.175. The molecule has 1 heterocycles. The lowest BCUT2D eigenvalue weighted by Crippen LogP contribution is -1.90. The Morgan fingerprint density at radius 2 is 0.939 bits per heavy atom. The molecule has 1 nitrogen and oxygen atoms in total. The van der Waals surface area contributed by atoms with Crippen LogP contribution in [0.1, 0.15) is 23.3 Å². The van der Waals surface area contributed by atoms with Gasteiger partial charge in [0.05, 0.1) is 23.3 Å². The van der Waals surface area contributed by atoms with Crippen molar-refractivity contribution in [3.05, 3.63) is 182 Å². The van der Waals surface area contributed by atoms with E-state index in [2.05, 4.69) is 0 Å². The maximum absolute atomic E-state index is 9.70. The molecular weight excluding hydrogens is 593 g/mol. The van der Waals surface area contributed by atoms with Gasteiger partial charge in [0.25, 0.3) is 0 Å². The van der Waals surface area contributed by atoms with Gasteiger partial charge < -0.3 is 4.42 Å². The van der Waals surface area contributed by atoms with E-state index >= 15 is 0 Å². The highest BCUT2D eigenvalue weighted by Crippen LogP contribution is 2.44. The fourth-order valence-electron chi connectivity index (χ4n) is 6.58. The normalized spacial score (nSPS) is 16.5. The first kappa shape index (κ1) is 15.6. The number of furan rings is 1. The molecule has 0 saturated heterocycles. The van der Waals surface area contributed by atoms with Crippen LogP contribution in [0.4, 0.5) is 0 Å². The molecule has 0 amide bonds. The summed E-state index contributed by atoms with van der Waals surface area (Å²) in [5.74, 6) is 0. The van der Waals surface area contributed by atoms with Gasteiger partial charge in [-0.2, -0.15) is 0 Å². The van der Waals surface area contributed by atoms with Crippen molar-refractivity contribution >= 4 is 54.3 Å². The summed E-state index contributed by atoms with van der Waals surface area (Å²) in [6.45, 7) is 0. The van der Waals surface area contributed by atoms with Crippen LogP contribution < -0.4 is 0 Å². The first-order valence-electron chi connectivity index (χ1n) is 24.0. The maximum Gasteiger partial charge on any atom is 0.136 e. The van der Waals surface area contributed by atoms with Crippen LogP contribution >= 0.6 is 0 Å². The monoisotopic (exact) mass is 639 g/mol. The molecule has 0 radical (unpaired) electrons. The molecule has 0 N–H and O–H groups in total. The van der Waals surface area contributed by atoms with E-state index in [4.69, 9.17) is 18.1 Å². The summed E-state index contributed by atoms with van der Waals surface area (Å²) in [6.07, 6.45) is 0. The molecule has 0 aliphatic heterocycles. The molecule has 49 heavy (non-hydrogen) atoms. The predicted molar refractivity (Wildman–Crippen MR) is 208 cm³/mol. The molecule has 1 aromatic heterocycles. The average Bonchev–Trinajstić information content (AvgIpc) is 3.72. The first-order chi connectivity index (χ1) is 31.4. The summed E-state index contributed by atoms with van der Waals surface area (Å²) < 4.78 is 159. The third-order valence-electron chi connectivity index (χ3n) is 8.69. The van der Waals surface area contributed by atoms with Crippen molar-refractivity contribution in [1.29, 1.82) is 0 Å². The van der Waals surface area contributed by atoms with Crippen LogP contribution in [0.5, 0.6) is 0 Å². The van der Waals surface area contributed by atoms with Gasteiger partial charge in [0.2, 0.25) is 0 Å². The zero-order valence-corrected chi connectivity index (χ0v) is 25.4. The second kappa shape index (κ2) is 11.1. The van der Waals surface area contributed by atoms with Crippen molar-refractivity contribution in [3.63, 3.8) is 0 Å². The second-order valence-corrected chi connectivity index (χ2v) is 11.5. The predicted octanol–water partition coefficient (Wildman–Crippen LogP) is 13.7. The highest BCUT2D eigenvalue weighted by Gasteiger charge is 2.17. The fraction of sp³-hybridized carbons (Fsp3) is 0. The van der Waals surface area contributed by atoms with Gasteiger partial charge in [0.1, 0.15) is 11.2 Å². The second-order valence-electron chi connectivity index (χ2n) is 11.5. The minimum atomic E-state index is -0.770. The maximum atomic E-state index is 9.70. The molecule has 0 aliphatic carbocycles. The van der Waals surface area contributed by atoms with Gasteiger partial charge in [0, 0.05) is 10.8 Å². The van der Waals surface area contributed by atoms with Gasteiger partial charge in [-0.15, -0.1) is 0 Å². The molecule has 1 heteroatoms. The lowest BCUT2D eigenvalue weighted by molar-refractivity contribution is 0.669. The summed E-state index contributed by atoms with van der Waals surface area (Å²) in [7, 11) is 0. The number of fused-ring (bicyclic) bond motifs is 6. The molecule has 10 rings (SSSR count). The minimum Gasteiger partial charge on any atom is -0.456 e. The van der Waals surface area contributed by atoms with E-state index in [-0.39, 0.29) is 21.7 Å². The third-order valence-corrected chi connectivity index (χ3v) is 8.69. The lowest BCUT2D eigenvalue weighted by Gasteiger charge is -2.18. The SMILES string of the molecule is [2H]c1c([2H])c([2H])c(-c2c([2H])c([2H])c([2H])c3oc4c([2H])c([2H])c(-c5c([2H])c([2H])c6c([2H])c(-c7c8ccccc8c(-c8ccccc8)c8ccccc78)c([2H])c([2H])c6c5[2H])c([2H])c4c23)c([2H])c1[2H]. The zero-order chi connectivity index (χ0) is 47.1. The largest absolute Gasteiger partial charge is 0.456 e. The van der Waals surface area contributed by atoms with E-state index in [0.717, 1.165) is 21.9 Å². The Balaban J connectivity index is 1.31. The van der Waals surface area contributed by atoms with Crippen LogP contribution in [0.15, 0.2) is 186 Å². The molecular formula is C48H30O. The number of hydrogen-bond acceptors (Lipinski definition) is 1. The Morgan fingerprint density at radius 1 is 0.367 bits per heavy atom. The summed E-state index contributed by atoms with van der Waals surface area (Å²) in [4.78, 5) is 0. The standard InChI is InChI=1S/C48H30O/c1-3-12-31(13-4-1)38-20-11-21-45-48(38)43-30-36(26-27-44(43)49-45)34-22-23-35-29-37(25-24-33(35)28-34)47-41-18-9-7-16-39(41)46(32-14-5-2-6-15-32)40-17-8-10-19-42(40)47/h1-30H/i1D,3D,4D,11D,12D,13D,20D,21D,22D,23D,24D,25D,26D,27D,28D,29D,30D. The topological polar surface area (TPSA) is 13.1 Å². The first-order valence-corrected chi connectivity index (χ1v) is 15.5. The Bertz CT molecular complexity index is 3760. The number of rotatable bonds is 4. The minimum absolute atomic E-state index is 0.00649. The van der Waals surface area contributed by atoms with Crippen molar-refractivity contribution in [2.45, 2.75) is 0 Å². The molecule has 0 saturated carbocycles. The van der Waals surface area contributed by atoms with Crippen LogP contribution in [0.3, 0.4) is 0 Å². The Morgan fingerprint density at radius 3 is 1.63 bits per heavy atom. The molecule has 228 valence electrons. The smallest absolute Gasteiger partial charge is 0.136 e. The van der Waals surface area contributed by atoms with E-state index in [9.17, 15) is 9.60 Å². The van der Waals surface area contributed by atoms with Gasteiger partial charge in [-0.3, -0.25) is 0 Å². The molecule has 10 aromatic rings. The van der Waals surface area contributed by atoms with E-state index in [1.807, 2.05) is 78.9 Å². The molecule has 0 aliphatic rings. The summed E-state index contributed by atoms with van der Waals surface area (Å²) in [6, 6.07) is 13.0. The molecule has 0 atom stereocenters. The van der Waals surface area contributed by atoms with Crippen molar-refractivity contribution < 1.29 is 27.7 Å². The van der Waals surface area contributed by atoms with E-state index in [0.29, 0.717) is 16.3 Å². The van der Waals surface area contributed by atoms with Crippen LogP contribution in [-0.2, 0) is 0 Å². The van der Waals surface area contributed by atoms with Gasteiger partial charge in [-0.25, -0.2) is 0 Å². The lowest BCUT2D eigenvalue weighted by atomic mass is 9.85. The van der Waals surface area contributed by atoms with Gasteiger partial charge >= 0.3 is 0 Å². The summed E-state index contributed by atoms with van der Waals surface area (Å²) >= 11 is 0. The Labute approximate surface area is 308 Å². The molecule has 9 aromatic carbocycles. The van der Waals surface area contributed by atoms with Crippen LogP contribution in [0.25, 0.3) is 98.8 Å². The van der Waals surface area contributed by atoms with Crippen molar-refractivity contribution in [1.82, 2.24) is 0 Å². The van der Waals surface area contributed by atoms with Crippen LogP contribution in [-0.4, -0.2) is 0 Å². The molecule has 0 fully saturated rings. The highest BCUT2D eigenvalue weighted by atomic mass is 16.3. The average molecular weight is 640 g/mol. The third kappa shape index (κ3) is 4.47. The van der Waals surface area contributed by atoms with Crippen LogP contribution in [0.2, 0.25) is 0 Å². The van der Waals surface area contributed by atoms with Gasteiger partial charge in [-0.1, -0.05) is 151 Å². The van der Waals surface area contributed by atoms with E-state index in [1.54, 1.807) is 0 Å². The van der Waals surface area contributed by atoms with Crippen molar-refractivity contribution in [2.75, 3.05) is 0 Å². The van der Waals surface area contributed by atoms with Crippen LogP contribution in [0, 0.1) is 0 Å². The van der Waals surface area contributed by atoms with E-state index in [1.165, 1.54) is 0 Å². The summed E-state index contributed by atoms with van der Waals surface area (Å²) in [5.41, 5.74) is -0.867. The molecule has 0 spiro atoms. The highest BCUT2D eigenvalue weighted by molar-refractivity contribution is 6.22. The zero-order valence-electron chi connectivity index (χ0n) is 42.4.